The number of rotatable bonds is 8. The first kappa shape index (κ1) is 19.5. The zero-order valence-electron chi connectivity index (χ0n) is 12.8. The highest BCUT2D eigenvalue weighted by Gasteiger charge is 2.12. The van der Waals surface area contributed by atoms with Gasteiger partial charge in [-0.1, -0.05) is 19.4 Å². The minimum Gasteiger partial charge on any atom is -0.493 e. The van der Waals surface area contributed by atoms with E-state index in [4.69, 9.17) is 15.2 Å². The number of nitrogens with two attached hydrogens (primary N) is 1. The summed E-state index contributed by atoms with van der Waals surface area (Å²) in [7, 11) is 1.61. The largest absolute Gasteiger partial charge is 0.493 e. The Morgan fingerprint density at radius 3 is 2.67 bits per heavy atom. The van der Waals surface area contributed by atoms with Crippen molar-refractivity contribution in [2.24, 2.45) is 5.73 Å². The molecule has 120 valence electrons. The van der Waals surface area contributed by atoms with Gasteiger partial charge in [-0.3, -0.25) is 4.79 Å². The van der Waals surface area contributed by atoms with Crippen LogP contribution in [0.25, 0.3) is 0 Å². The third-order valence-electron chi connectivity index (χ3n) is 3.01. The smallest absolute Gasteiger partial charge is 0.234 e. The summed E-state index contributed by atoms with van der Waals surface area (Å²) < 4.78 is 11.0. The summed E-state index contributed by atoms with van der Waals surface area (Å²) in [5.74, 6) is 1.22. The van der Waals surface area contributed by atoms with Gasteiger partial charge in [0.15, 0.2) is 11.5 Å². The summed E-state index contributed by atoms with van der Waals surface area (Å²) in [6.45, 7) is 4.68. The number of amides is 1. The predicted molar refractivity (Wildman–Crippen MR) is 86.3 cm³/mol. The van der Waals surface area contributed by atoms with Crippen LogP contribution in [0.4, 0.5) is 0 Å². The molecule has 0 aliphatic rings. The molecule has 0 radical (unpaired) electrons. The molecule has 0 aromatic heterocycles. The topological polar surface area (TPSA) is 73.6 Å². The molecule has 0 spiro atoms. The average molecular weight is 317 g/mol. The molecule has 1 rings (SSSR count). The first-order chi connectivity index (χ1) is 9.62. The molecule has 0 aliphatic heterocycles. The van der Waals surface area contributed by atoms with E-state index in [2.05, 4.69) is 12.2 Å². The molecule has 1 amide bonds. The second-order valence-corrected chi connectivity index (χ2v) is 4.61. The van der Waals surface area contributed by atoms with Crippen molar-refractivity contribution in [2.75, 3.05) is 20.3 Å². The fourth-order valence-electron chi connectivity index (χ4n) is 1.78. The van der Waals surface area contributed by atoms with Crippen molar-refractivity contribution in [1.29, 1.82) is 0 Å². The Balaban J connectivity index is 0.00000400. The van der Waals surface area contributed by atoms with Crippen LogP contribution in [0.2, 0.25) is 0 Å². The van der Waals surface area contributed by atoms with E-state index >= 15 is 0 Å². The van der Waals surface area contributed by atoms with Crippen molar-refractivity contribution in [1.82, 2.24) is 5.32 Å². The molecule has 0 saturated carbocycles. The van der Waals surface area contributed by atoms with Crippen LogP contribution in [0.15, 0.2) is 18.2 Å². The summed E-state index contributed by atoms with van der Waals surface area (Å²) in [5, 5.41) is 2.81. The van der Waals surface area contributed by atoms with Crippen LogP contribution in [0, 0.1) is 0 Å². The lowest BCUT2D eigenvalue weighted by atomic mass is 10.1. The Morgan fingerprint density at radius 2 is 2.10 bits per heavy atom. The normalized spacial score (nSPS) is 11.2. The third kappa shape index (κ3) is 6.23. The molecule has 5 nitrogen and oxygen atoms in total. The van der Waals surface area contributed by atoms with E-state index < -0.39 is 0 Å². The van der Waals surface area contributed by atoms with E-state index in [0.717, 1.165) is 24.2 Å². The molecular weight excluding hydrogens is 292 g/mol. The monoisotopic (exact) mass is 316 g/mol. The highest BCUT2D eigenvalue weighted by molar-refractivity contribution is 5.85. The van der Waals surface area contributed by atoms with Gasteiger partial charge in [0.05, 0.1) is 26.3 Å². The van der Waals surface area contributed by atoms with Gasteiger partial charge in [-0.15, -0.1) is 12.4 Å². The molecule has 0 bridgehead atoms. The van der Waals surface area contributed by atoms with E-state index in [0.29, 0.717) is 12.4 Å². The molecule has 1 aromatic rings. The van der Waals surface area contributed by atoms with Crippen molar-refractivity contribution in [2.45, 2.75) is 32.7 Å². The van der Waals surface area contributed by atoms with Crippen molar-refractivity contribution in [3.05, 3.63) is 23.8 Å². The molecule has 0 heterocycles. The number of methoxy groups -OCH3 is 1. The molecule has 6 heteroatoms. The third-order valence-corrected chi connectivity index (χ3v) is 3.01. The van der Waals surface area contributed by atoms with E-state index in [1.54, 1.807) is 7.11 Å². The Labute approximate surface area is 132 Å². The molecule has 1 aromatic carbocycles. The SMILES string of the molecule is CCCCOc1ccc(C(C)NC(=O)CN)cc1OC.Cl. The Bertz CT molecular complexity index is 441. The van der Waals surface area contributed by atoms with Crippen molar-refractivity contribution >= 4 is 18.3 Å². The van der Waals surface area contributed by atoms with E-state index in [9.17, 15) is 4.79 Å². The minimum absolute atomic E-state index is 0. The molecule has 1 unspecified atom stereocenters. The highest BCUT2D eigenvalue weighted by Crippen LogP contribution is 2.30. The first-order valence-corrected chi connectivity index (χ1v) is 6.92. The first-order valence-electron chi connectivity index (χ1n) is 6.92. The number of unbranched alkanes of at least 4 members (excludes halogenated alkanes) is 1. The van der Waals surface area contributed by atoms with Gasteiger partial charge in [0.2, 0.25) is 5.91 Å². The minimum atomic E-state index is -0.181. The van der Waals surface area contributed by atoms with Gasteiger partial charge in [-0.2, -0.15) is 0 Å². The van der Waals surface area contributed by atoms with Crippen molar-refractivity contribution < 1.29 is 14.3 Å². The average Bonchev–Trinajstić information content (AvgIpc) is 2.47. The summed E-state index contributed by atoms with van der Waals surface area (Å²) in [6, 6.07) is 5.55. The fraction of sp³-hybridized carbons (Fsp3) is 0.533. The molecule has 0 saturated heterocycles. The lowest BCUT2D eigenvalue weighted by Crippen LogP contribution is -2.32. The Morgan fingerprint density at radius 1 is 1.38 bits per heavy atom. The number of hydrogen-bond donors (Lipinski definition) is 2. The summed E-state index contributed by atoms with van der Waals surface area (Å²) in [4.78, 5) is 11.3. The van der Waals surface area contributed by atoms with Crippen LogP contribution in [-0.4, -0.2) is 26.2 Å². The van der Waals surface area contributed by atoms with E-state index in [-0.39, 0.29) is 30.9 Å². The molecule has 0 aliphatic carbocycles. The van der Waals surface area contributed by atoms with Gasteiger partial charge >= 0.3 is 0 Å². The quantitative estimate of drug-likeness (QED) is 0.722. The Hall–Kier alpha value is -1.46. The molecule has 3 N–H and O–H groups in total. The number of ether oxygens (including phenoxy) is 2. The summed E-state index contributed by atoms with van der Waals surface area (Å²) in [6.07, 6.45) is 2.09. The fourth-order valence-corrected chi connectivity index (χ4v) is 1.78. The van der Waals surface area contributed by atoms with Crippen LogP contribution in [-0.2, 0) is 4.79 Å². The second-order valence-electron chi connectivity index (χ2n) is 4.61. The predicted octanol–water partition coefficient (Wildman–Crippen LogP) is 2.43. The summed E-state index contributed by atoms with van der Waals surface area (Å²) >= 11 is 0. The van der Waals surface area contributed by atoms with Crippen molar-refractivity contribution in [3.63, 3.8) is 0 Å². The van der Waals surface area contributed by atoms with Gasteiger partial charge in [0, 0.05) is 0 Å². The summed E-state index contributed by atoms with van der Waals surface area (Å²) in [5.41, 5.74) is 6.24. The lowest BCUT2D eigenvalue weighted by Gasteiger charge is -2.17. The maximum atomic E-state index is 11.3. The maximum absolute atomic E-state index is 11.3. The Kier molecular flexibility index (Phi) is 9.58. The number of benzene rings is 1. The lowest BCUT2D eigenvalue weighted by molar-refractivity contribution is -0.120. The van der Waals surface area contributed by atoms with Crippen LogP contribution in [0.1, 0.15) is 38.3 Å². The second kappa shape index (κ2) is 10.3. The van der Waals surface area contributed by atoms with Crippen LogP contribution in [0.3, 0.4) is 0 Å². The number of carbonyl (C=O) groups excluding carboxylic acids is 1. The van der Waals surface area contributed by atoms with E-state index in [1.807, 2.05) is 25.1 Å². The standard InChI is InChI=1S/C15H24N2O3.ClH/c1-4-5-8-20-13-7-6-12(9-14(13)19-3)11(2)17-15(18)10-16;/h6-7,9,11H,4-5,8,10,16H2,1-3H3,(H,17,18);1H. The zero-order valence-corrected chi connectivity index (χ0v) is 13.7. The van der Waals surface area contributed by atoms with Gasteiger partial charge in [-0.25, -0.2) is 0 Å². The van der Waals surface area contributed by atoms with E-state index in [1.165, 1.54) is 0 Å². The highest BCUT2D eigenvalue weighted by atomic mass is 35.5. The number of hydrogen-bond acceptors (Lipinski definition) is 4. The van der Waals surface area contributed by atoms with Gasteiger partial charge in [0.25, 0.3) is 0 Å². The maximum Gasteiger partial charge on any atom is 0.234 e. The van der Waals surface area contributed by atoms with Gasteiger partial charge in [-0.05, 0) is 31.0 Å². The molecule has 1 atom stereocenters. The molecule has 21 heavy (non-hydrogen) atoms. The van der Waals surface area contributed by atoms with Crippen LogP contribution < -0.4 is 20.5 Å². The number of carbonyl (C=O) groups is 1. The molecule has 0 fully saturated rings. The number of halogens is 1. The van der Waals surface area contributed by atoms with Gasteiger partial charge < -0.3 is 20.5 Å². The van der Waals surface area contributed by atoms with Crippen molar-refractivity contribution in [3.8, 4) is 11.5 Å². The van der Waals surface area contributed by atoms with Crippen LogP contribution >= 0.6 is 12.4 Å². The molecular formula is C15H25ClN2O3. The zero-order chi connectivity index (χ0) is 15.0. The number of nitrogens with one attached hydrogen (secondary N) is 1. The van der Waals surface area contributed by atoms with Crippen LogP contribution in [0.5, 0.6) is 11.5 Å². The van der Waals surface area contributed by atoms with Gasteiger partial charge in [0.1, 0.15) is 0 Å².